The quantitative estimate of drug-likeness (QED) is 0.188. The van der Waals surface area contributed by atoms with Gasteiger partial charge in [-0.3, -0.25) is 0 Å². The van der Waals surface area contributed by atoms with Crippen molar-refractivity contribution in [2.24, 2.45) is 5.41 Å². The van der Waals surface area contributed by atoms with E-state index in [9.17, 15) is 5.11 Å². The molecule has 0 atom stereocenters. The van der Waals surface area contributed by atoms with Gasteiger partial charge < -0.3 is 31.3 Å². The fourth-order valence-electron chi connectivity index (χ4n) is 6.81. The summed E-state index contributed by atoms with van der Waals surface area (Å²) in [7, 11) is 0. The van der Waals surface area contributed by atoms with Crippen LogP contribution in [-0.2, 0) is 5.60 Å². The van der Waals surface area contributed by atoms with Gasteiger partial charge in [-0.2, -0.15) is 0 Å². The van der Waals surface area contributed by atoms with E-state index in [0.29, 0.717) is 0 Å². The summed E-state index contributed by atoms with van der Waals surface area (Å²) >= 11 is 0. The summed E-state index contributed by atoms with van der Waals surface area (Å²) < 4.78 is 7.14. The molecule has 0 unspecified atom stereocenters. The molecule has 0 aliphatic carbocycles. The molecule has 41 heavy (non-hydrogen) atoms. The van der Waals surface area contributed by atoms with E-state index in [1.807, 2.05) is 66.7 Å². The van der Waals surface area contributed by atoms with Crippen LogP contribution in [0.15, 0.2) is 91.0 Å². The van der Waals surface area contributed by atoms with Crippen molar-refractivity contribution >= 4 is 17.0 Å². The molecular formula is C36H51Br2NO2. The van der Waals surface area contributed by atoms with Crippen LogP contribution in [-0.4, -0.2) is 42.4 Å². The predicted octanol–water partition coefficient (Wildman–Crippen LogP) is 5.95. The maximum absolute atomic E-state index is 12.4. The highest BCUT2D eigenvalue weighted by atomic mass is 79.9. The van der Waals surface area contributed by atoms with E-state index in [0.717, 1.165) is 73.4 Å². The zero-order valence-corrected chi connectivity index (χ0v) is 28.4. The molecular weight excluding hydrogens is 638 g/mol. The second-order valence-corrected chi connectivity index (χ2v) is 11.8. The lowest BCUT2D eigenvalue weighted by molar-refractivity contribution is -0.946. The number of piperidine rings is 3. The van der Waals surface area contributed by atoms with E-state index in [1.54, 1.807) is 0 Å². The van der Waals surface area contributed by atoms with Crippen molar-refractivity contribution in [2.75, 3.05) is 32.8 Å². The molecule has 2 bridgehead atoms. The molecule has 5 heteroatoms. The Hall–Kier alpha value is -1.66. The Morgan fingerprint density at radius 1 is 0.683 bits per heavy atom. The molecule has 3 aliphatic heterocycles. The summed E-state index contributed by atoms with van der Waals surface area (Å²) in [5, 5.41) is 12.4. The van der Waals surface area contributed by atoms with Crippen molar-refractivity contribution in [3.8, 4) is 5.75 Å². The van der Waals surface area contributed by atoms with Gasteiger partial charge in [0.2, 0.25) is 0 Å². The number of aliphatic hydroxyl groups is 1. The first kappa shape index (κ1) is 35.5. The Balaban J connectivity index is 0.000000520. The van der Waals surface area contributed by atoms with E-state index < -0.39 is 5.60 Å². The lowest BCUT2D eigenvalue weighted by Crippen LogP contribution is -3.00. The number of fused-ring (bicyclic) bond motifs is 3. The standard InChI is InChI=1S/C28H32NO2.C8H18.2BrH/c30-28(24-10-4-1-5-11-24,25-12-6-2-7-13-25)27-16-19-29(20-17-27,21-18-27)22-23-31-26-14-8-3-9-15-26;1-3-5-7-8-6-4-2;;/h1-15,30H,16-23H2;3-8H2,1-2H3;2*1H/q+1;;;/p-1. The topological polar surface area (TPSA) is 29.5 Å². The summed E-state index contributed by atoms with van der Waals surface area (Å²) in [6.07, 6.45) is 11.6. The second kappa shape index (κ2) is 17.5. The van der Waals surface area contributed by atoms with Crippen molar-refractivity contribution in [3.63, 3.8) is 0 Å². The monoisotopic (exact) mass is 687 g/mol. The zero-order valence-electron chi connectivity index (χ0n) is 25.1. The highest BCUT2D eigenvalue weighted by Crippen LogP contribution is 2.57. The summed E-state index contributed by atoms with van der Waals surface area (Å²) in [6.45, 7) is 9.64. The molecule has 0 aromatic heterocycles. The number of hydrogen-bond acceptors (Lipinski definition) is 2. The Morgan fingerprint density at radius 3 is 1.51 bits per heavy atom. The minimum Gasteiger partial charge on any atom is -1.00 e. The van der Waals surface area contributed by atoms with Crippen LogP contribution in [0.1, 0.15) is 82.8 Å². The molecule has 0 radical (unpaired) electrons. The molecule has 0 saturated carbocycles. The van der Waals surface area contributed by atoms with E-state index >= 15 is 0 Å². The lowest BCUT2D eigenvalue weighted by Gasteiger charge is -2.60. The van der Waals surface area contributed by atoms with E-state index in [4.69, 9.17) is 4.74 Å². The molecule has 226 valence electrons. The van der Waals surface area contributed by atoms with Crippen molar-refractivity contribution in [3.05, 3.63) is 102 Å². The maximum atomic E-state index is 12.4. The predicted molar refractivity (Wildman–Crippen MR) is 173 cm³/mol. The van der Waals surface area contributed by atoms with Gasteiger partial charge in [-0.1, -0.05) is 131 Å². The average molecular weight is 690 g/mol. The van der Waals surface area contributed by atoms with Crippen LogP contribution in [0.5, 0.6) is 5.75 Å². The molecule has 3 saturated heterocycles. The van der Waals surface area contributed by atoms with Crippen molar-refractivity contribution in [1.29, 1.82) is 0 Å². The molecule has 1 N–H and O–H groups in total. The van der Waals surface area contributed by atoms with Gasteiger partial charge in [-0.15, -0.1) is 17.0 Å². The highest BCUT2D eigenvalue weighted by Gasteiger charge is 2.60. The van der Waals surface area contributed by atoms with Crippen LogP contribution in [0.2, 0.25) is 0 Å². The van der Waals surface area contributed by atoms with Gasteiger partial charge in [0.25, 0.3) is 0 Å². The first-order valence-corrected chi connectivity index (χ1v) is 15.4. The molecule has 3 nitrogen and oxygen atoms in total. The summed E-state index contributed by atoms with van der Waals surface area (Å²) in [6, 6.07) is 30.8. The minimum absolute atomic E-state index is 0. The SMILES string of the molecule is Br.CCCCCCCC.OC(c1ccccc1)(c1ccccc1)C12CC[N+](CCOc3ccccc3)(CC1)CC2.[Br-]. The number of rotatable bonds is 12. The molecule has 3 aromatic carbocycles. The number of para-hydroxylation sites is 1. The van der Waals surface area contributed by atoms with Gasteiger partial charge in [0.15, 0.2) is 0 Å². The van der Waals surface area contributed by atoms with Crippen molar-refractivity contribution < 1.29 is 31.3 Å². The van der Waals surface area contributed by atoms with Crippen LogP contribution in [0.4, 0.5) is 0 Å². The summed E-state index contributed by atoms with van der Waals surface area (Å²) in [5.74, 6) is 0.951. The molecule has 0 amide bonds. The molecule has 6 rings (SSSR count). The summed E-state index contributed by atoms with van der Waals surface area (Å²) in [5.41, 5.74) is 0.980. The van der Waals surface area contributed by atoms with Gasteiger partial charge >= 0.3 is 0 Å². The molecule has 3 aromatic rings. The van der Waals surface area contributed by atoms with Crippen LogP contribution >= 0.6 is 17.0 Å². The van der Waals surface area contributed by atoms with Crippen LogP contribution in [0.3, 0.4) is 0 Å². The number of ether oxygens (including phenoxy) is 1. The first-order valence-electron chi connectivity index (χ1n) is 15.4. The van der Waals surface area contributed by atoms with Crippen LogP contribution in [0, 0.1) is 5.41 Å². The third-order valence-electron chi connectivity index (χ3n) is 9.38. The summed E-state index contributed by atoms with van der Waals surface area (Å²) in [4.78, 5) is 0. The van der Waals surface area contributed by atoms with E-state index in [1.165, 1.54) is 38.5 Å². The lowest BCUT2D eigenvalue weighted by atomic mass is 9.56. The number of unbranched alkanes of at least 4 members (excludes halogenated alkanes) is 5. The number of halogens is 2. The molecule has 0 spiro atoms. The normalized spacial score (nSPS) is 21.0. The number of quaternary nitrogens is 1. The fraction of sp³-hybridized carbons (Fsp3) is 0.500. The third-order valence-corrected chi connectivity index (χ3v) is 9.38. The van der Waals surface area contributed by atoms with Crippen LogP contribution < -0.4 is 21.7 Å². The van der Waals surface area contributed by atoms with Gasteiger partial charge in [0.05, 0.1) is 19.6 Å². The van der Waals surface area contributed by atoms with Gasteiger partial charge in [0.1, 0.15) is 24.5 Å². The molecule has 3 aliphatic rings. The van der Waals surface area contributed by atoms with Gasteiger partial charge in [0, 0.05) is 24.7 Å². The van der Waals surface area contributed by atoms with Gasteiger partial charge in [-0.05, 0) is 23.3 Å². The van der Waals surface area contributed by atoms with Crippen LogP contribution in [0.25, 0.3) is 0 Å². The fourth-order valence-corrected chi connectivity index (χ4v) is 6.81. The molecule has 3 heterocycles. The smallest absolute Gasteiger partial charge is 0.137 e. The number of benzene rings is 3. The highest BCUT2D eigenvalue weighted by molar-refractivity contribution is 8.93. The minimum atomic E-state index is -0.952. The van der Waals surface area contributed by atoms with Gasteiger partial charge in [-0.25, -0.2) is 0 Å². The maximum Gasteiger partial charge on any atom is 0.137 e. The number of hydrogen-bond donors (Lipinski definition) is 1. The van der Waals surface area contributed by atoms with E-state index in [-0.39, 0.29) is 39.4 Å². The first-order chi connectivity index (χ1) is 19.1. The van der Waals surface area contributed by atoms with E-state index in [2.05, 4.69) is 38.1 Å². The second-order valence-electron chi connectivity index (χ2n) is 11.8. The molecule has 3 fully saturated rings. The number of nitrogens with zero attached hydrogens (tertiary/aromatic N) is 1. The van der Waals surface area contributed by atoms with Crippen molar-refractivity contribution in [2.45, 2.75) is 77.2 Å². The average Bonchev–Trinajstić information content (AvgIpc) is 3.01. The Morgan fingerprint density at radius 2 is 1.10 bits per heavy atom. The third kappa shape index (κ3) is 8.69. The Labute approximate surface area is 270 Å². The van der Waals surface area contributed by atoms with Crippen molar-refractivity contribution in [1.82, 2.24) is 0 Å². The Kier molecular flexibility index (Phi) is 15.1. The zero-order chi connectivity index (χ0) is 27.4. The largest absolute Gasteiger partial charge is 1.00 e. The Bertz CT molecular complexity index is 1020.